The minimum Gasteiger partial charge on any atom is -0.481 e. The van der Waals surface area contributed by atoms with Crippen LogP contribution in [0.2, 0.25) is 0 Å². The van der Waals surface area contributed by atoms with Gasteiger partial charge in [-0.3, -0.25) is 9.55 Å². The second-order valence-corrected chi connectivity index (χ2v) is 5.54. The molecule has 3 aromatic heterocycles. The summed E-state index contributed by atoms with van der Waals surface area (Å²) >= 11 is 0. The fourth-order valence-corrected chi connectivity index (χ4v) is 2.74. The Morgan fingerprint density at radius 1 is 1.00 bits per heavy atom. The summed E-state index contributed by atoms with van der Waals surface area (Å²) in [7, 11) is 1.61. The van der Waals surface area contributed by atoms with Gasteiger partial charge >= 0.3 is 0 Å². The van der Waals surface area contributed by atoms with Crippen molar-refractivity contribution < 1.29 is 4.74 Å². The molecule has 0 saturated carbocycles. The fraction of sp³-hybridized carbons (Fsp3) is 0.105. The quantitative estimate of drug-likeness (QED) is 0.577. The number of methoxy groups -OCH3 is 1. The van der Waals surface area contributed by atoms with Crippen molar-refractivity contribution in [2.75, 3.05) is 7.11 Å². The lowest BCUT2D eigenvalue weighted by atomic mass is 10.2. The van der Waals surface area contributed by atoms with Gasteiger partial charge in [0.15, 0.2) is 5.82 Å². The first-order valence-corrected chi connectivity index (χ1v) is 7.67. The van der Waals surface area contributed by atoms with Gasteiger partial charge in [0, 0.05) is 12.3 Å². The second kappa shape index (κ2) is 5.77. The Labute approximate surface area is 139 Å². The Kier molecular flexibility index (Phi) is 3.46. The fourth-order valence-electron chi connectivity index (χ4n) is 2.74. The molecule has 0 radical (unpaired) electrons. The number of hydrogen-bond donors (Lipinski definition) is 0. The van der Waals surface area contributed by atoms with E-state index in [9.17, 15) is 0 Å². The molecular weight excluding hydrogens is 300 g/mol. The second-order valence-electron chi connectivity index (χ2n) is 5.54. The van der Waals surface area contributed by atoms with E-state index >= 15 is 0 Å². The molecule has 0 saturated heterocycles. The van der Waals surface area contributed by atoms with Gasteiger partial charge in [0.25, 0.3) is 0 Å². The highest BCUT2D eigenvalue weighted by molar-refractivity contribution is 5.83. The van der Waals surface area contributed by atoms with Gasteiger partial charge in [-0.1, -0.05) is 12.1 Å². The maximum Gasteiger partial charge on any atom is 0.213 e. The number of pyridine rings is 2. The average Bonchev–Trinajstić information content (AvgIpc) is 3.01. The first-order chi connectivity index (χ1) is 11.8. The number of imidazole rings is 1. The molecule has 0 unspecified atom stereocenters. The lowest BCUT2D eigenvalue weighted by molar-refractivity contribution is 0.398. The van der Waals surface area contributed by atoms with Crippen molar-refractivity contribution in [3.63, 3.8) is 0 Å². The lowest BCUT2D eigenvalue weighted by Crippen LogP contribution is -2.00. The number of fused-ring (bicyclic) bond motifs is 1. The third-order valence-corrected chi connectivity index (χ3v) is 3.89. The monoisotopic (exact) mass is 316 g/mol. The molecule has 0 fully saturated rings. The van der Waals surface area contributed by atoms with Crippen LogP contribution < -0.4 is 4.74 Å². The summed E-state index contributed by atoms with van der Waals surface area (Å²) in [5, 5.41) is 0. The number of ether oxygens (including phenoxy) is 1. The molecule has 0 atom stereocenters. The molecule has 5 heteroatoms. The highest BCUT2D eigenvalue weighted by atomic mass is 16.5. The zero-order valence-corrected chi connectivity index (χ0v) is 13.5. The number of benzene rings is 1. The van der Waals surface area contributed by atoms with Gasteiger partial charge in [0.2, 0.25) is 5.88 Å². The highest BCUT2D eigenvalue weighted by Gasteiger charge is 2.15. The first kappa shape index (κ1) is 14.4. The summed E-state index contributed by atoms with van der Waals surface area (Å²) < 4.78 is 7.23. The van der Waals surface area contributed by atoms with Crippen LogP contribution in [0.25, 0.3) is 28.2 Å². The molecule has 3 heterocycles. The number of aryl methyl sites for hydroxylation is 1. The molecule has 0 N–H and O–H groups in total. The molecule has 118 valence electrons. The minimum atomic E-state index is 0.582. The van der Waals surface area contributed by atoms with Crippen molar-refractivity contribution in [1.82, 2.24) is 19.5 Å². The van der Waals surface area contributed by atoms with Crippen molar-refractivity contribution in [2.45, 2.75) is 6.92 Å². The third-order valence-electron chi connectivity index (χ3n) is 3.89. The smallest absolute Gasteiger partial charge is 0.213 e. The minimum absolute atomic E-state index is 0.582. The molecule has 0 spiro atoms. The number of nitrogens with zero attached hydrogens (tertiary/aromatic N) is 4. The Bertz CT molecular complexity index is 991. The van der Waals surface area contributed by atoms with Crippen molar-refractivity contribution in [3.05, 3.63) is 66.5 Å². The van der Waals surface area contributed by atoms with E-state index < -0.39 is 0 Å². The molecule has 0 aliphatic heterocycles. The SMILES string of the molecule is COc1ccc(-n2c(-c3ccccn3)nc3cc(C)ccc32)cn1. The molecule has 1 aromatic carbocycles. The maximum absolute atomic E-state index is 5.16. The maximum atomic E-state index is 5.16. The summed E-state index contributed by atoms with van der Waals surface area (Å²) in [5.41, 5.74) is 4.87. The predicted octanol–water partition coefficient (Wildman–Crippen LogP) is 3.80. The standard InChI is InChI=1S/C19H16N4O/c1-13-6-8-17-16(11-13)22-19(15-5-3-4-10-20-15)23(17)14-7-9-18(24-2)21-12-14/h3-12H,1-2H3. The molecule has 0 aliphatic carbocycles. The Morgan fingerprint density at radius 3 is 2.62 bits per heavy atom. The molecular formula is C19H16N4O. The van der Waals surface area contributed by atoms with Crippen LogP contribution in [-0.2, 0) is 0 Å². The summed E-state index contributed by atoms with van der Waals surface area (Å²) in [5.74, 6) is 1.38. The van der Waals surface area contributed by atoms with Gasteiger partial charge in [-0.2, -0.15) is 0 Å². The Balaban J connectivity index is 2.00. The van der Waals surface area contributed by atoms with Crippen LogP contribution in [0.4, 0.5) is 0 Å². The van der Waals surface area contributed by atoms with Gasteiger partial charge in [-0.25, -0.2) is 9.97 Å². The molecule has 5 nitrogen and oxygen atoms in total. The average molecular weight is 316 g/mol. The van der Waals surface area contributed by atoms with Crippen molar-refractivity contribution in [1.29, 1.82) is 0 Å². The molecule has 24 heavy (non-hydrogen) atoms. The summed E-state index contributed by atoms with van der Waals surface area (Å²) in [4.78, 5) is 13.6. The largest absolute Gasteiger partial charge is 0.481 e. The van der Waals surface area contributed by atoms with Crippen molar-refractivity contribution in [2.24, 2.45) is 0 Å². The van der Waals surface area contributed by atoms with E-state index in [0.29, 0.717) is 5.88 Å². The predicted molar refractivity (Wildman–Crippen MR) is 93.4 cm³/mol. The first-order valence-electron chi connectivity index (χ1n) is 7.67. The van der Waals surface area contributed by atoms with E-state index in [1.54, 1.807) is 19.5 Å². The lowest BCUT2D eigenvalue weighted by Gasteiger charge is -2.09. The van der Waals surface area contributed by atoms with E-state index in [1.165, 1.54) is 5.56 Å². The summed E-state index contributed by atoms with van der Waals surface area (Å²) in [6.07, 6.45) is 3.56. The van der Waals surface area contributed by atoms with E-state index in [4.69, 9.17) is 9.72 Å². The number of hydrogen-bond acceptors (Lipinski definition) is 4. The molecule has 0 bridgehead atoms. The van der Waals surface area contributed by atoms with Crippen LogP contribution in [0.15, 0.2) is 60.9 Å². The highest BCUT2D eigenvalue weighted by Crippen LogP contribution is 2.28. The Morgan fingerprint density at radius 2 is 1.92 bits per heavy atom. The molecule has 4 rings (SSSR count). The molecule has 4 aromatic rings. The topological polar surface area (TPSA) is 52.8 Å². The van der Waals surface area contributed by atoms with Crippen LogP contribution in [0.1, 0.15) is 5.56 Å². The normalized spacial score (nSPS) is 10.9. The third kappa shape index (κ3) is 2.40. The van der Waals surface area contributed by atoms with Crippen molar-refractivity contribution in [3.8, 4) is 23.1 Å². The van der Waals surface area contributed by atoms with Gasteiger partial charge in [-0.05, 0) is 42.8 Å². The van der Waals surface area contributed by atoms with E-state index in [-0.39, 0.29) is 0 Å². The number of aromatic nitrogens is 4. The summed E-state index contributed by atoms with van der Waals surface area (Å²) in [6.45, 7) is 2.06. The zero-order chi connectivity index (χ0) is 16.5. The molecule has 0 amide bonds. The van der Waals surface area contributed by atoms with Crippen molar-refractivity contribution >= 4 is 11.0 Å². The van der Waals surface area contributed by atoms with Gasteiger partial charge in [-0.15, -0.1) is 0 Å². The van der Waals surface area contributed by atoms with Crippen LogP contribution in [0.5, 0.6) is 5.88 Å². The van der Waals surface area contributed by atoms with Gasteiger partial charge < -0.3 is 4.74 Å². The van der Waals surface area contributed by atoms with Crippen LogP contribution >= 0.6 is 0 Å². The number of rotatable bonds is 3. The van der Waals surface area contributed by atoms with Crippen LogP contribution in [-0.4, -0.2) is 26.6 Å². The molecule has 0 aliphatic rings. The van der Waals surface area contributed by atoms with E-state index in [1.807, 2.05) is 30.3 Å². The van der Waals surface area contributed by atoms with Crippen LogP contribution in [0.3, 0.4) is 0 Å². The van der Waals surface area contributed by atoms with E-state index in [0.717, 1.165) is 28.2 Å². The zero-order valence-electron chi connectivity index (χ0n) is 13.5. The van der Waals surface area contributed by atoms with E-state index in [2.05, 4.69) is 39.7 Å². The Hall–Kier alpha value is -3.21. The van der Waals surface area contributed by atoms with Crippen LogP contribution in [0, 0.1) is 6.92 Å². The van der Waals surface area contributed by atoms with Gasteiger partial charge in [0.05, 0.1) is 30.0 Å². The van der Waals surface area contributed by atoms with Gasteiger partial charge in [0.1, 0.15) is 5.69 Å². The summed E-state index contributed by atoms with van der Waals surface area (Å²) in [6, 6.07) is 15.9.